The second-order valence-electron chi connectivity index (χ2n) is 4.30. The molecule has 19 heavy (non-hydrogen) atoms. The highest BCUT2D eigenvalue weighted by Crippen LogP contribution is 2.15. The van der Waals surface area contributed by atoms with Gasteiger partial charge in [-0.15, -0.1) is 6.58 Å². The molecule has 0 unspecified atom stereocenters. The number of aryl methyl sites for hydroxylation is 1. The predicted octanol–water partition coefficient (Wildman–Crippen LogP) is 1.53. The largest absolute Gasteiger partial charge is 0.492 e. The van der Waals surface area contributed by atoms with E-state index in [1.807, 2.05) is 31.2 Å². The zero-order valence-electron chi connectivity index (χ0n) is 11.5. The molecule has 4 nitrogen and oxygen atoms in total. The van der Waals surface area contributed by atoms with Crippen LogP contribution in [0.1, 0.15) is 5.56 Å². The Balaban J connectivity index is 2.05. The summed E-state index contributed by atoms with van der Waals surface area (Å²) in [4.78, 5) is 0. The molecule has 0 aliphatic carbocycles. The first kappa shape index (κ1) is 15.7. The van der Waals surface area contributed by atoms with E-state index in [1.54, 1.807) is 6.08 Å². The molecule has 1 rings (SSSR count). The number of hydrogen-bond acceptors (Lipinski definition) is 4. The standard InChI is InChI=1S/C15H23NO3/c1-3-9-18-12-14(17)11-16-8-10-19-15-7-5-4-6-13(15)2/h3-7,14,16-17H,1,8-12H2,2H3/t14-/m1/s1. The molecule has 1 atom stereocenters. The highest BCUT2D eigenvalue weighted by molar-refractivity contribution is 5.31. The molecule has 2 N–H and O–H groups in total. The van der Waals surface area contributed by atoms with E-state index < -0.39 is 6.10 Å². The van der Waals surface area contributed by atoms with Crippen LogP contribution in [0.15, 0.2) is 36.9 Å². The Labute approximate surface area is 115 Å². The van der Waals surface area contributed by atoms with E-state index in [9.17, 15) is 5.11 Å². The second-order valence-corrected chi connectivity index (χ2v) is 4.30. The number of hydrogen-bond donors (Lipinski definition) is 2. The summed E-state index contributed by atoms with van der Waals surface area (Å²) < 4.78 is 10.8. The molecule has 0 amide bonds. The van der Waals surface area contributed by atoms with Crippen molar-refractivity contribution in [2.45, 2.75) is 13.0 Å². The van der Waals surface area contributed by atoms with Crippen LogP contribution in [-0.2, 0) is 4.74 Å². The first-order valence-corrected chi connectivity index (χ1v) is 6.50. The summed E-state index contributed by atoms with van der Waals surface area (Å²) in [5.41, 5.74) is 1.13. The third kappa shape index (κ3) is 6.96. The molecule has 1 aromatic rings. The molecule has 0 heterocycles. The number of rotatable bonds is 10. The fraction of sp³-hybridized carbons (Fsp3) is 0.467. The van der Waals surface area contributed by atoms with Crippen molar-refractivity contribution in [3.63, 3.8) is 0 Å². The van der Waals surface area contributed by atoms with E-state index in [1.165, 1.54) is 0 Å². The Kier molecular flexibility index (Phi) is 7.89. The van der Waals surface area contributed by atoms with Gasteiger partial charge in [0.15, 0.2) is 0 Å². The lowest BCUT2D eigenvalue weighted by Crippen LogP contribution is -2.32. The Morgan fingerprint density at radius 2 is 2.21 bits per heavy atom. The van der Waals surface area contributed by atoms with Crippen molar-refractivity contribution < 1.29 is 14.6 Å². The Hall–Kier alpha value is -1.36. The van der Waals surface area contributed by atoms with Gasteiger partial charge < -0.3 is 19.9 Å². The van der Waals surface area contributed by atoms with E-state index in [-0.39, 0.29) is 0 Å². The molecule has 0 aromatic heterocycles. The van der Waals surface area contributed by atoms with Crippen molar-refractivity contribution in [3.05, 3.63) is 42.5 Å². The molecule has 0 aliphatic heterocycles. The number of ether oxygens (including phenoxy) is 2. The molecule has 4 heteroatoms. The maximum Gasteiger partial charge on any atom is 0.122 e. The summed E-state index contributed by atoms with van der Waals surface area (Å²) in [5, 5.41) is 12.7. The summed E-state index contributed by atoms with van der Waals surface area (Å²) in [6, 6.07) is 7.91. The predicted molar refractivity (Wildman–Crippen MR) is 76.6 cm³/mol. The van der Waals surface area contributed by atoms with Crippen molar-refractivity contribution >= 4 is 0 Å². The van der Waals surface area contributed by atoms with Crippen LogP contribution in [-0.4, -0.2) is 44.1 Å². The number of aliphatic hydroxyl groups is 1. The van der Waals surface area contributed by atoms with Crippen LogP contribution in [0.3, 0.4) is 0 Å². The van der Waals surface area contributed by atoms with Gasteiger partial charge in [-0.1, -0.05) is 24.3 Å². The molecular formula is C15H23NO3. The van der Waals surface area contributed by atoms with Gasteiger partial charge in [0.1, 0.15) is 12.4 Å². The monoisotopic (exact) mass is 265 g/mol. The van der Waals surface area contributed by atoms with Gasteiger partial charge in [-0.05, 0) is 18.6 Å². The lowest BCUT2D eigenvalue weighted by Gasteiger charge is -2.12. The van der Waals surface area contributed by atoms with Crippen molar-refractivity contribution in [2.75, 3.05) is 32.9 Å². The van der Waals surface area contributed by atoms with Crippen molar-refractivity contribution in [3.8, 4) is 5.75 Å². The van der Waals surface area contributed by atoms with Gasteiger partial charge in [-0.2, -0.15) is 0 Å². The first-order valence-electron chi connectivity index (χ1n) is 6.50. The molecule has 0 aliphatic rings. The van der Waals surface area contributed by atoms with Gasteiger partial charge in [-0.3, -0.25) is 0 Å². The second kappa shape index (κ2) is 9.55. The van der Waals surface area contributed by atoms with Crippen LogP contribution in [0.5, 0.6) is 5.75 Å². The number of aliphatic hydroxyl groups excluding tert-OH is 1. The zero-order valence-corrected chi connectivity index (χ0v) is 11.5. The fourth-order valence-electron chi connectivity index (χ4n) is 1.57. The van der Waals surface area contributed by atoms with Crippen molar-refractivity contribution in [1.82, 2.24) is 5.32 Å². The quantitative estimate of drug-likeness (QED) is 0.497. The van der Waals surface area contributed by atoms with Crippen LogP contribution in [0, 0.1) is 6.92 Å². The van der Waals surface area contributed by atoms with Crippen LogP contribution in [0.2, 0.25) is 0 Å². The molecule has 0 spiro atoms. The number of benzene rings is 1. The molecule has 1 aromatic carbocycles. The average molecular weight is 265 g/mol. The molecule has 106 valence electrons. The summed E-state index contributed by atoms with van der Waals surface area (Å²) >= 11 is 0. The van der Waals surface area contributed by atoms with Crippen LogP contribution >= 0.6 is 0 Å². The summed E-state index contributed by atoms with van der Waals surface area (Å²) in [6.45, 7) is 8.10. The fourth-order valence-corrected chi connectivity index (χ4v) is 1.57. The van der Waals surface area contributed by atoms with Crippen LogP contribution < -0.4 is 10.1 Å². The summed E-state index contributed by atoms with van der Waals surface area (Å²) in [7, 11) is 0. The lowest BCUT2D eigenvalue weighted by molar-refractivity contribution is 0.0491. The van der Waals surface area contributed by atoms with Gasteiger partial charge in [0, 0.05) is 13.1 Å². The highest BCUT2D eigenvalue weighted by Gasteiger charge is 2.03. The van der Waals surface area contributed by atoms with E-state index in [4.69, 9.17) is 9.47 Å². The molecular weight excluding hydrogens is 242 g/mol. The van der Waals surface area contributed by atoms with Gasteiger partial charge in [0.25, 0.3) is 0 Å². The topological polar surface area (TPSA) is 50.7 Å². The molecule has 0 radical (unpaired) electrons. The maximum absolute atomic E-state index is 9.57. The van der Waals surface area contributed by atoms with Crippen LogP contribution in [0.4, 0.5) is 0 Å². The van der Waals surface area contributed by atoms with Gasteiger partial charge in [0.2, 0.25) is 0 Å². The van der Waals surface area contributed by atoms with Gasteiger partial charge in [-0.25, -0.2) is 0 Å². The highest BCUT2D eigenvalue weighted by atomic mass is 16.5. The lowest BCUT2D eigenvalue weighted by atomic mass is 10.2. The molecule has 0 bridgehead atoms. The Bertz CT molecular complexity index is 368. The Morgan fingerprint density at radius 1 is 1.42 bits per heavy atom. The molecule has 0 saturated carbocycles. The molecule has 0 saturated heterocycles. The summed E-state index contributed by atoms with van der Waals surface area (Å²) in [6.07, 6.45) is 1.16. The van der Waals surface area contributed by atoms with E-state index in [0.29, 0.717) is 32.9 Å². The van der Waals surface area contributed by atoms with Crippen molar-refractivity contribution in [1.29, 1.82) is 0 Å². The zero-order chi connectivity index (χ0) is 13.9. The van der Waals surface area contributed by atoms with Crippen molar-refractivity contribution in [2.24, 2.45) is 0 Å². The van der Waals surface area contributed by atoms with Gasteiger partial charge in [0.05, 0.1) is 19.3 Å². The third-order valence-electron chi connectivity index (χ3n) is 2.56. The van der Waals surface area contributed by atoms with E-state index in [2.05, 4.69) is 11.9 Å². The third-order valence-corrected chi connectivity index (χ3v) is 2.56. The first-order chi connectivity index (χ1) is 9.24. The smallest absolute Gasteiger partial charge is 0.122 e. The summed E-state index contributed by atoms with van der Waals surface area (Å²) in [5.74, 6) is 0.902. The minimum absolute atomic E-state index is 0.317. The average Bonchev–Trinajstić information content (AvgIpc) is 2.41. The molecule has 0 fully saturated rings. The minimum Gasteiger partial charge on any atom is -0.492 e. The number of nitrogens with one attached hydrogen (secondary N) is 1. The maximum atomic E-state index is 9.57. The minimum atomic E-state index is -0.501. The van der Waals surface area contributed by atoms with Crippen LogP contribution in [0.25, 0.3) is 0 Å². The van der Waals surface area contributed by atoms with Gasteiger partial charge >= 0.3 is 0 Å². The Morgan fingerprint density at radius 3 is 2.95 bits per heavy atom. The normalized spacial score (nSPS) is 12.1. The van der Waals surface area contributed by atoms with E-state index in [0.717, 1.165) is 11.3 Å². The number of para-hydroxylation sites is 1. The SMILES string of the molecule is C=CCOC[C@H](O)CNCCOc1ccccc1C. The van der Waals surface area contributed by atoms with E-state index >= 15 is 0 Å².